The zero-order valence-electron chi connectivity index (χ0n) is 15.0. The Morgan fingerprint density at radius 3 is 2.56 bits per heavy atom. The van der Waals surface area contributed by atoms with Gasteiger partial charge >= 0.3 is 0 Å². The molecule has 3 N–H and O–H groups in total. The van der Waals surface area contributed by atoms with E-state index in [0.29, 0.717) is 43.7 Å². The molecule has 0 spiro atoms. The van der Waals surface area contributed by atoms with Crippen molar-refractivity contribution >= 4 is 24.1 Å². The molecule has 1 atom stereocenters. The number of halogens is 1. The quantitative estimate of drug-likeness (QED) is 0.832. The molecule has 1 aromatic heterocycles. The number of hydrogen-bond acceptors (Lipinski definition) is 4. The van der Waals surface area contributed by atoms with E-state index in [1.54, 1.807) is 4.90 Å². The number of amides is 1. The number of H-pyrrole nitrogens is 1. The fraction of sp³-hybridized carbons (Fsp3) is 0.611. The lowest BCUT2D eigenvalue weighted by molar-refractivity contribution is 0.0775. The normalized spacial score (nSPS) is 24.6. The highest BCUT2D eigenvalue weighted by Gasteiger charge is 2.37. The molecule has 1 aliphatic heterocycles. The molecule has 0 saturated carbocycles. The molecule has 1 amide bonds. The predicted octanol–water partition coefficient (Wildman–Crippen LogP) is 1.76. The van der Waals surface area contributed by atoms with E-state index in [9.17, 15) is 14.4 Å². The van der Waals surface area contributed by atoms with Gasteiger partial charge in [0.05, 0.1) is 0 Å². The van der Waals surface area contributed by atoms with Crippen molar-refractivity contribution in [3.8, 4) is 0 Å². The molecule has 6 nitrogen and oxygen atoms in total. The number of aromatic nitrogens is 1. The number of pyridine rings is 1. The van der Waals surface area contributed by atoms with Crippen molar-refractivity contribution in [3.63, 3.8) is 0 Å². The second-order valence-corrected chi connectivity index (χ2v) is 8.34. The van der Waals surface area contributed by atoms with Gasteiger partial charge in [-0.15, -0.1) is 12.4 Å². The van der Waals surface area contributed by atoms with Crippen molar-refractivity contribution < 1.29 is 9.59 Å². The average molecular weight is 368 g/mol. The van der Waals surface area contributed by atoms with E-state index < -0.39 is 5.56 Å². The number of carbonyl (C=O) groups excluding carboxylic acids is 2. The minimum absolute atomic E-state index is 0. The summed E-state index contributed by atoms with van der Waals surface area (Å²) in [6.45, 7) is 7.68. The SMILES string of the molecule is CC1(C)CC(=O)c2cc(C(=O)N3CCC(C)(CN)C3)c(=O)[nH]c2C1.Cl. The molecule has 1 unspecified atom stereocenters. The number of carbonyl (C=O) groups is 2. The zero-order chi connectivity index (χ0) is 17.7. The minimum atomic E-state index is -0.411. The van der Waals surface area contributed by atoms with Gasteiger partial charge in [0.1, 0.15) is 5.56 Å². The highest BCUT2D eigenvalue weighted by Crippen LogP contribution is 2.34. The standard InChI is InChI=1S/C18H25N3O3.ClH/c1-17(2)7-13-11(14(22)8-17)6-12(15(23)20-13)16(24)21-5-4-18(3,9-19)10-21;/h6H,4-5,7-10,19H2,1-3H3,(H,20,23);1H. The van der Waals surface area contributed by atoms with E-state index in [2.05, 4.69) is 4.98 Å². The molecule has 1 saturated heterocycles. The molecule has 25 heavy (non-hydrogen) atoms. The lowest BCUT2D eigenvalue weighted by atomic mass is 9.75. The van der Waals surface area contributed by atoms with Gasteiger partial charge < -0.3 is 15.6 Å². The predicted molar refractivity (Wildman–Crippen MR) is 98.4 cm³/mol. The monoisotopic (exact) mass is 367 g/mol. The molecule has 2 heterocycles. The summed E-state index contributed by atoms with van der Waals surface area (Å²) in [7, 11) is 0. The first kappa shape index (κ1) is 19.7. The first-order chi connectivity index (χ1) is 11.1. The maximum Gasteiger partial charge on any atom is 0.261 e. The van der Waals surface area contributed by atoms with Gasteiger partial charge in [0.25, 0.3) is 11.5 Å². The van der Waals surface area contributed by atoms with Crippen molar-refractivity contribution in [2.24, 2.45) is 16.6 Å². The van der Waals surface area contributed by atoms with Crippen LogP contribution in [0, 0.1) is 10.8 Å². The Morgan fingerprint density at radius 2 is 1.96 bits per heavy atom. The topological polar surface area (TPSA) is 96.3 Å². The fourth-order valence-corrected chi connectivity index (χ4v) is 3.72. The van der Waals surface area contributed by atoms with Crippen LogP contribution in [0.4, 0.5) is 0 Å². The maximum atomic E-state index is 12.7. The molecule has 7 heteroatoms. The van der Waals surface area contributed by atoms with Gasteiger partial charge in [-0.25, -0.2) is 0 Å². The second-order valence-electron chi connectivity index (χ2n) is 8.34. The molecule has 0 aromatic carbocycles. The van der Waals surface area contributed by atoms with E-state index in [1.807, 2.05) is 20.8 Å². The summed E-state index contributed by atoms with van der Waals surface area (Å²) < 4.78 is 0. The zero-order valence-corrected chi connectivity index (χ0v) is 15.8. The van der Waals surface area contributed by atoms with E-state index in [1.165, 1.54) is 6.07 Å². The van der Waals surface area contributed by atoms with Crippen LogP contribution in [0.15, 0.2) is 10.9 Å². The Labute approximate surface area is 153 Å². The van der Waals surface area contributed by atoms with Gasteiger partial charge in [0, 0.05) is 30.8 Å². The van der Waals surface area contributed by atoms with Crippen LogP contribution in [-0.2, 0) is 6.42 Å². The lowest BCUT2D eigenvalue weighted by Gasteiger charge is -2.30. The van der Waals surface area contributed by atoms with Crippen LogP contribution >= 0.6 is 12.4 Å². The first-order valence-corrected chi connectivity index (χ1v) is 8.43. The van der Waals surface area contributed by atoms with Crippen LogP contribution in [0.3, 0.4) is 0 Å². The Hall–Kier alpha value is -1.66. The summed E-state index contributed by atoms with van der Waals surface area (Å²) in [4.78, 5) is 42.0. The summed E-state index contributed by atoms with van der Waals surface area (Å²) in [5.74, 6) is -0.325. The van der Waals surface area contributed by atoms with Gasteiger partial charge in [-0.3, -0.25) is 14.4 Å². The van der Waals surface area contributed by atoms with E-state index >= 15 is 0 Å². The number of fused-ring (bicyclic) bond motifs is 1. The number of Topliss-reactive ketones (excluding diaryl/α,β-unsaturated/α-hetero) is 1. The summed E-state index contributed by atoms with van der Waals surface area (Å²) in [5.41, 5.74) is 6.29. The molecular formula is C18H26ClN3O3. The van der Waals surface area contributed by atoms with E-state index in [4.69, 9.17) is 5.73 Å². The van der Waals surface area contributed by atoms with Gasteiger partial charge in [-0.05, 0) is 36.3 Å². The second kappa shape index (κ2) is 6.57. The molecule has 0 bridgehead atoms. The summed E-state index contributed by atoms with van der Waals surface area (Å²) in [6, 6.07) is 1.49. The number of nitrogens with one attached hydrogen (secondary N) is 1. The Morgan fingerprint density at radius 1 is 1.28 bits per heavy atom. The maximum absolute atomic E-state index is 12.7. The molecule has 2 aliphatic rings. The molecule has 1 aromatic rings. The van der Waals surface area contributed by atoms with E-state index in [-0.39, 0.29) is 40.5 Å². The van der Waals surface area contributed by atoms with Crippen LogP contribution in [0.1, 0.15) is 60.0 Å². The van der Waals surface area contributed by atoms with Crippen molar-refractivity contribution in [1.82, 2.24) is 9.88 Å². The highest BCUT2D eigenvalue weighted by molar-refractivity contribution is 6.02. The highest BCUT2D eigenvalue weighted by atomic mass is 35.5. The third-order valence-corrected chi connectivity index (χ3v) is 5.29. The van der Waals surface area contributed by atoms with E-state index in [0.717, 1.165) is 6.42 Å². The number of likely N-dealkylation sites (tertiary alicyclic amines) is 1. The van der Waals surface area contributed by atoms with Crippen LogP contribution in [0.5, 0.6) is 0 Å². The third-order valence-electron chi connectivity index (χ3n) is 5.29. The van der Waals surface area contributed by atoms with Crippen LogP contribution in [-0.4, -0.2) is 41.2 Å². The van der Waals surface area contributed by atoms with Crippen molar-refractivity contribution in [2.75, 3.05) is 19.6 Å². The lowest BCUT2D eigenvalue weighted by Crippen LogP contribution is -2.38. The number of ketones is 1. The molecule has 138 valence electrons. The van der Waals surface area contributed by atoms with Crippen molar-refractivity contribution in [3.05, 3.63) is 33.2 Å². The van der Waals surface area contributed by atoms with Gasteiger partial charge in [0.2, 0.25) is 0 Å². The first-order valence-electron chi connectivity index (χ1n) is 8.43. The summed E-state index contributed by atoms with van der Waals surface area (Å²) >= 11 is 0. The molecule has 0 radical (unpaired) electrons. The number of hydrogen-bond donors (Lipinski definition) is 2. The Balaban J connectivity index is 0.00000225. The Bertz CT molecular complexity index is 771. The van der Waals surface area contributed by atoms with Crippen LogP contribution < -0.4 is 11.3 Å². The minimum Gasteiger partial charge on any atom is -0.338 e. The van der Waals surface area contributed by atoms with Crippen molar-refractivity contribution in [1.29, 1.82) is 0 Å². The fourth-order valence-electron chi connectivity index (χ4n) is 3.72. The smallest absolute Gasteiger partial charge is 0.261 e. The number of nitrogens with zero attached hydrogens (tertiary/aromatic N) is 1. The van der Waals surface area contributed by atoms with Gasteiger partial charge in [0.15, 0.2) is 5.78 Å². The average Bonchev–Trinajstić information content (AvgIpc) is 2.88. The van der Waals surface area contributed by atoms with Crippen LogP contribution in [0.2, 0.25) is 0 Å². The van der Waals surface area contributed by atoms with Crippen molar-refractivity contribution in [2.45, 2.75) is 40.0 Å². The largest absolute Gasteiger partial charge is 0.338 e. The molecule has 3 rings (SSSR count). The molecule has 1 fully saturated rings. The van der Waals surface area contributed by atoms with Gasteiger partial charge in [-0.2, -0.15) is 0 Å². The third kappa shape index (κ3) is 3.65. The number of rotatable bonds is 2. The summed E-state index contributed by atoms with van der Waals surface area (Å²) in [6.07, 6.45) is 1.88. The molecular weight excluding hydrogens is 342 g/mol. The summed E-state index contributed by atoms with van der Waals surface area (Å²) in [5, 5.41) is 0. The molecule has 1 aliphatic carbocycles. The van der Waals surface area contributed by atoms with Gasteiger partial charge in [-0.1, -0.05) is 20.8 Å². The Kier molecular flexibility index (Phi) is 5.17. The number of aromatic amines is 1. The number of nitrogens with two attached hydrogens (primary N) is 1. The van der Waals surface area contributed by atoms with Crippen LogP contribution in [0.25, 0.3) is 0 Å².